The van der Waals surface area contributed by atoms with Crippen LogP contribution in [0.4, 0.5) is 10.6 Å². The Morgan fingerprint density at radius 2 is 2.09 bits per heavy atom. The highest BCUT2D eigenvalue weighted by Crippen LogP contribution is 2.20. The van der Waals surface area contributed by atoms with E-state index >= 15 is 0 Å². The summed E-state index contributed by atoms with van der Waals surface area (Å²) in [6, 6.07) is 7.34. The number of hydrogen-bond donors (Lipinski definition) is 2. The number of anilines is 1. The van der Waals surface area contributed by atoms with E-state index in [2.05, 4.69) is 15.3 Å². The minimum Gasteiger partial charge on any atom is -0.497 e. The quantitative estimate of drug-likeness (QED) is 0.658. The van der Waals surface area contributed by atoms with E-state index in [9.17, 15) is 4.79 Å². The number of nitrogens with one attached hydrogen (secondary N) is 1. The van der Waals surface area contributed by atoms with Crippen molar-refractivity contribution in [1.82, 2.24) is 14.9 Å². The largest absolute Gasteiger partial charge is 0.497 e. The third-order valence-electron chi connectivity index (χ3n) is 3.10. The molecule has 0 spiro atoms. The lowest BCUT2D eigenvalue weighted by Crippen LogP contribution is -2.32. The lowest BCUT2D eigenvalue weighted by Gasteiger charge is -2.09. The van der Waals surface area contributed by atoms with Crippen LogP contribution in [0.1, 0.15) is 12.6 Å². The molecule has 23 heavy (non-hydrogen) atoms. The second kappa shape index (κ2) is 7.30. The van der Waals surface area contributed by atoms with Crippen molar-refractivity contribution in [2.24, 2.45) is 4.99 Å². The number of alkyl carbamates (subject to hydrolysis) is 1. The first-order valence-electron chi connectivity index (χ1n) is 6.98. The number of aromatic nitrogens is 2. The van der Waals surface area contributed by atoms with Gasteiger partial charge in [-0.15, -0.1) is 0 Å². The van der Waals surface area contributed by atoms with Gasteiger partial charge in [0.05, 0.1) is 13.7 Å². The highest BCUT2D eigenvalue weighted by Gasteiger charge is 2.17. The summed E-state index contributed by atoms with van der Waals surface area (Å²) >= 11 is 0. The van der Waals surface area contributed by atoms with Gasteiger partial charge in [-0.1, -0.05) is 0 Å². The smallest absolute Gasteiger partial charge is 0.412 e. The molecule has 0 fully saturated rings. The highest BCUT2D eigenvalue weighted by atomic mass is 16.5. The van der Waals surface area contributed by atoms with Gasteiger partial charge in [-0.2, -0.15) is 0 Å². The zero-order valence-electron chi connectivity index (χ0n) is 13.2. The Bertz CT molecular complexity index is 706. The monoisotopic (exact) mass is 317 g/mol. The van der Waals surface area contributed by atoms with Crippen molar-refractivity contribution in [3.63, 3.8) is 0 Å². The maximum Gasteiger partial charge on any atom is 0.412 e. The van der Waals surface area contributed by atoms with E-state index < -0.39 is 6.09 Å². The summed E-state index contributed by atoms with van der Waals surface area (Å²) in [4.78, 5) is 19.8. The van der Waals surface area contributed by atoms with Crippen molar-refractivity contribution in [3.05, 3.63) is 36.3 Å². The second-order valence-electron chi connectivity index (χ2n) is 4.46. The van der Waals surface area contributed by atoms with Crippen LogP contribution in [0.15, 0.2) is 35.6 Å². The summed E-state index contributed by atoms with van der Waals surface area (Å²) in [5.41, 5.74) is 7.31. The van der Waals surface area contributed by atoms with Gasteiger partial charge in [-0.3, -0.25) is 14.9 Å². The number of imidazole rings is 1. The maximum atomic E-state index is 11.5. The van der Waals surface area contributed by atoms with Crippen molar-refractivity contribution in [2.75, 3.05) is 26.5 Å². The Morgan fingerprint density at radius 3 is 2.65 bits per heavy atom. The van der Waals surface area contributed by atoms with Crippen LogP contribution in [0.2, 0.25) is 0 Å². The van der Waals surface area contributed by atoms with Crippen molar-refractivity contribution >= 4 is 17.7 Å². The molecular formula is C15H19N5O3. The van der Waals surface area contributed by atoms with Crippen LogP contribution in [0.25, 0.3) is 5.69 Å². The number of nitrogens with zero attached hydrogens (tertiary/aromatic N) is 3. The van der Waals surface area contributed by atoms with E-state index in [0.29, 0.717) is 11.5 Å². The van der Waals surface area contributed by atoms with Crippen molar-refractivity contribution in [3.8, 4) is 11.4 Å². The van der Waals surface area contributed by atoms with Crippen molar-refractivity contribution < 1.29 is 14.3 Å². The van der Waals surface area contributed by atoms with E-state index in [1.807, 2.05) is 24.3 Å². The molecule has 0 bridgehead atoms. The van der Waals surface area contributed by atoms with E-state index in [0.717, 1.165) is 11.4 Å². The summed E-state index contributed by atoms with van der Waals surface area (Å²) in [6.07, 6.45) is 0.955. The number of benzene rings is 1. The Morgan fingerprint density at radius 1 is 1.39 bits per heavy atom. The molecule has 0 saturated heterocycles. The molecule has 2 rings (SSSR count). The van der Waals surface area contributed by atoms with Crippen LogP contribution in [0.3, 0.4) is 0 Å². The van der Waals surface area contributed by atoms with Gasteiger partial charge >= 0.3 is 6.09 Å². The molecule has 0 unspecified atom stereocenters. The molecule has 8 nitrogen and oxygen atoms in total. The molecule has 1 amide bonds. The number of carbonyl (C=O) groups excluding carboxylic acids is 1. The topological polar surface area (TPSA) is 104 Å². The summed E-state index contributed by atoms with van der Waals surface area (Å²) in [5.74, 6) is 1.34. The van der Waals surface area contributed by atoms with Gasteiger partial charge in [0.15, 0.2) is 5.84 Å². The molecular weight excluding hydrogens is 298 g/mol. The molecule has 0 aliphatic heterocycles. The molecule has 0 aliphatic carbocycles. The minimum atomic E-state index is -0.605. The van der Waals surface area contributed by atoms with Gasteiger partial charge in [0.25, 0.3) is 0 Å². The zero-order chi connectivity index (χ0) is 16.8. The Hall–Kier alpha value is -3.03. The van der Waals surface area contributed by atoms with Crippen LogP contribution in [0, 0.1) is 0 Å². The normalized spacial score (nSPS) is 11.2. The lowest BCUT2D eigenvalue weighted by molar-refractivity contribution is 0.158. The molecule has 1 aromatic heterocycles. The number of ether oxygens (including phenoxy) is 2. The molecule has 0 atom stereocenters. The summed E-state index contributed by atoms with van der Waals surface area (Å²) in [6.45, 7) is 1.98. The Kier molecular flexibility index (Phi) is 5.19. The van der Waals surface area contributed by atoms with Crippen LogP contribution >= 0.6 is 0 Å². The lowest BCUT2D eigenvalue weighted by atomic mass is 10.3. The fourth-order valence-corrected chi connectivity index (χ4v) is 1.97. The van der Waals surface area contributed by atoms with Crippen molar-refractivity contribution in [2.45, 2.75) is 6.92 Å². The van der Waals surface area contributed by atoms with Gasteiger partial charge in [-0.05, 0) is 31.2 Å². The predicted molar refractivity (Wildman–Crippen MR) is 87.1 cm³/mol. The molecule has 1 heterocycles. The van der Waals surface area contributed by atoms with Crippen LogP contribution in [-0.2, 0) is 4.74 Å². The minimum absolute atomic E-state index is 0.244. The highest BCUT2D eigenvalue weighted by molar-refractivity contribution is 6.07. The molecule has 8 heteroatoms. The fourth-order valence-electron chi connectivity index (χ4n) is 1.97. The first kappa shape index (κ1) is 16.3. The Labute approximate surface area is 133 Å². The number of hydrogen-bond acceptors (Lipinski definition) is 6. The molecule has 0 radical (unpaired) electrons. The third-order valence-corrected chi connectivity index (χ3v) is 3.10. The summed E-state index contributed by atoms with van der Waals surface area (Å²) in [5, 5.41) is 2.52. The third kappa shape index (κ3) is 3.60. The van der Waals surface area contributed by atoms with E-state index in [1.165, 1.54) is 7.05 Å². The standard InChI is InChI=1S/C15H19N5O3/c1-4-23-15(21)19-14(17-2)12-13(16)20(9-18-12)10-5-7-11(22-3)8-6-10/h5-9H,4,16H2,1-3H3,(H,17,19,21). The SMILES string of the molecule is CCOC(=O)NC(=NC)c1ncn(-c2ccc(OC)cc2)c1N. The number of rotatable bonds is 4. The molecule has 0 aliphatic rings. The number of amidine groups is 1. The first-order chi connectivity index (χ1) is 11.1. The van der Waals surface area contributed by atoms with Gasteiger partial charge in [0.2, 0.25) is 0 Å². The molecule has 0 saturated carbocycles. The molecule has 3 N–H and O–H groups in total. The van der Waals surface area contributed by atoms with E-state index in [4.69, 9.17) is 15.2 Å². The number of nitrogen functional groups attached to an aromatic ring is 1. The van der Waals surface area contributed by atoms with Gasteiger partial charge in [0, 0.05) is 12.7 Å². The maximum absolute atomic E-state index is 11.5. The number of nitrogens with two attached hydrogens (primary N) is 1. The van der Waals surface area contributed by atoms with E-state index in [-0.39, 0.29) is 12.4 Å². The van der Waals surface area contributed by atoms with Gasteiger partial charge in [-0.25, -0.2) is 9.78 Å². The molecule has 2 aromatic rings. The number of amides is 1. The van der Waals surface area contributed by atoms with Crippen LogP contribution < -0.4 is 15.8 Å². The van der Waals surface area contributed by atoms with Crippen LogP contribution in [0.5, 0.6) is 5.75 Å². The predicted octanol–water partition coefficient (Wildman–Crippen LogP) is 1.59. The summed E-state index contributed by atoms with van der Waals surface area (Å²) in [7, 11) is 3.14. The number of aliphatic imine (C=N–C) groups is 1. The zero-order valence-corrected chi connectivity index (χ0v) is 13.2. The number of carbonyl (C=O) groups is 1. The second-order valence-corrected chi connectivity index (χ2v) is 4.46. The molecule has 1 aromatic carbocycles. The van der Waals surface area contributed by atoms with Gasteiger partial charge in [0.1, 0.15) is 23.6 Å². The Balaban J connectivity index is 2.28. The summed E-state index contributed by atoms with van der Waals surface area (Å²) < 4.78 is 11.6. The average Bonchev–Trinajstić information content (AvgIpc) is 2.94. The molecule has 122 valence electrons. The first-order valence-corrected chi connectivity index (χ1v) is 6.98. The number of methoxy groups -OCH3 is 1. The fraction of sp³-hybridized carbons (Fsp3) is 0.267. The van der Waals surface area contributed by atoms with Crippen LogP contribution in [-0.4, -0.2) is 42.2 Å². The van der Waals surface area contributed by atoms with Crippen molar-refractivity contribution in [1.29, 1.82) is 0 Å². The average molecular weight is 317 g/mol. The van der Waals surface area contributed by atoms with Gasteiger partial charge < -0.3 is 15.2 Å². The van der Waals surface area contributed by atoms with E-state index in [1.54, 1.807) is 24.9 Å².